The van der Waals surface area contributed by atoms with Crippen LogP contribution >= 0.6 is 0 Å². The lowest BCUT2D eigenvalue weighted by molar-refractivity contribution is 0.122. The summed E-state index contributed by atoms with van der Waals surface area (Å²) in [5.74, 6) is -0.951. The van der Waals surface area contributed by atoms with Gasteiger partial charge in [0.1, 0.15) is 17.5 Å². The van der Waals surface area contributed by atoms with Crippen LogP contribution in [0.25, 0.3) is 0 Å². The van der Waals surface area contributed by atoms with Crippen LogP contribution in [-0.2, 0) is 20.5 Å². The van der Waals surface area contributed by atoms with Crippen molar-refractivity contribution < 1.29 is 21.9 Å². The van der Waals surface area contributed by atoms with Crippen LogP contribution in [0.5, 0.6) is 0 Å². The van der Waals surface area contributed by atoms with Gasteiger partial charge in [-0.3, -0.25) is 0 Å². The number of hydrogen-bond donors (Lipinski definition) is 2. The van der Waals surface area contributed by atoms with E-state index in [1.807, 2.05) is 13.0 Å². The van der Waals surface area contributed by atoms with E-state index < -0.39 is 27.4 Å². The number of benzene rings is 1. The lowest BCUT2D eigenvalue weighted by Crippen LogP contribution is -2.37. The molecule has 0 saturated carbocycles. The molecule has 1 aliphatic rings. The first kappa shape index (κ1) is 21.3. The number of aryl methyl sites for hydroxylation is 1. The lowest BCUT2D eigenvalue weighted by atomic mass is 10.2. The summed E-state index contributed by atoms with van der Waals surface area (Å²) in [6, 6.07) is 4.57. The third-order valence-electron chi connectivity index (χ3n) is 4.18. The fourth-order valence-electron chi connectivity index (χ4n) is 2.93. The first-order valence-corrected chi connectivity index (χ1v) is 10.8. The van der Waals surface area contributed by atoms with Crippen molar-refractivity contribution in [3.8, 4) is 0 Å². The molecule has 0 atom stereocenters. The summed E-state index contributed by atoms with van der Waals surface area (Å²) in [7, 11) is -3.74. The van der Waals surface area contributed by atoms with Gasteiger partial charge in [0.2, 0.25) is 16.0 Å². The molecule has 0 spiro atoms. The molecule has 158 valence electrons. The van der Waals surface area contributed by atoms with Gasteiger partial charge in [-0.15, -0.1) is 0 Å². The lowest BCUT2D eigenvalue weighted by Gasteiger charge is -2.28. The summed E-state index contributed by atoms with van der Waals surface area (Å²) in [5.41, 5.74) is 0.831. The van der Waals surface area contributed by atoms with Crippen LogP contribution in [0, 0.1) is 18.6 Å². The van der Waals surface area contributed by atoms with Crippen molar-refractivity contribution in [3.05, 3.63) is 47.2 Å². The molecule has 3 rings (SSSR count). The molecular weight excluding hydrogens is 404 g/mol. The van der Waals surface area contributed by atoms with Gasteiger partial charge in [0, 0.05) is 44.0 Å². The normalized spacial score (nSPS) is 14.8. The van der Waals surface area contributed by atoms with Crippen LogP contribution in [0.2, 0.25) is 0 Å². The summed E-state index contributed by atoms with van der Waals surface area (Å²) < 4.78 is 58.4. The molecular formula is C18H23F2N5O3S. The minimum Gasteiger partial charge on any atom is -0.378 e. The van der Waals surface area contributed by atoms with Gasteiger partial charge < -0.3 is 15.0 Å². The number of ether oxygens (including phenoxy) is 1. The van der Waals surface area contributed by atoms with Crippen LogP contribution in [0.15, 0.2) is 24.3 Å². The summed E-state index contributed by atoms with van der Waals surface area (Å²) in [5, 5.41) is 2.99. The zero-order valence-corrected chi connectivity index (χ0v) is 16.8. The van der Waals surface area contributed by atoms with Crippen molar-refractivity contribution in [1.29, 1.82) is 0 Å². The Morgan fingerprint density at radius 1 is 1.07 bits per heavy atom. The summed E-state index contributed by atoms with van der Waals surface area (Å²) in [6.07, 6.45) is 0. The second-order valence-electron chi connectivity index (χ2n) is 6.65. The summed E-state index contributed by atoms with van der Waals surface area (Å²) in [4.78, 5) is 10.9. The quantitative estimate of drug-likeness (QED) is 0.615. The Morgan fingerprint density at radius 2 is 1.76 bits per heavy atom. The van der Waals surface area contributed by atoms with Crippen LogP contribution in [0.1, 0.15) is 11.3 Å². The highest BCUT2D eigenvalue weighted by molar-refractivity contribution is 7.88. The zero-order valence-electron chi connectivity index (χ0n) is 16.0. The predicted octanol–water partition coefficient (Wildman–Crippen LogP) is 1.43. The number of morpholine rings is 1. The molecule has 2 heterocycles. The highest BCUT2D eigenvalue weighted by Gasteiger charge is 2.15. The van der Waals surface area contributed by atoms with Crippen molar-refractivity contribution in [3.63, 3.8) is 0 Å². The molecule has 8 nitrogen and oxygen atoms in total. The summed E-state index contributed by atoms with van der Waals surface area (Å²) in [6.45, 7) is 4.96. The Kier molecular flexibility index (Phi) is 6.93. The summed E-state index contributed by atoms with van der Waals surface area (Å²) >= 11 is 0. The molecule has 11 heteroatoms. The van der Waals surface area contributed by atoms with Gasteiger partial charge in [-0.05, 0) is 24.6 Å². The molecule has 1 aromatic carbocycles. The van der Waals surface area contributed by atoms with Crippen LogP contribution < -0.4 is 14.9 Å². The third kappa shape index (κ3) is 6.58. The highest BCUT2D eigenvalue weighted by Crippen LogP contribution is 2.16. The van der Waals surface area contributed by atoms with Crippen LogP contribution in [-0.4, -0.2) is 57.8 Å². The largest absolute Gasteiger partial charge is 0.378 e. The molecule has 1 fully saturated rings. The van der Waals surface area contributed by atoms with E-state index in [0.717, 1.165) is 36.7 Å². The van der Waals surface area contributed by atoms with E-state index in [4.69, 9.17) is 4.74 Å². The molecule has 2 aromatic rings. The first-order valence-electron chi connectivity index (χ1n) is 9.15. The van der Waals surface area contributed by atoms with Gasteiger partial charge in [0.25, 0.3) is 0 Å². The Labute approximate surface area is 168 Å². The van der Waals surface area contributed by atoms with E-state index >= 15 is 0 Å². The molecule has 0 bridgehead atoms. The van der Waals surface area contributed by atoms with Gasteiger partial charge in [-0.2, -0.15) is 4.98 Å². The molecule has 2 N–H and O–H groups in total. The average molecular weight is 427 g/mol. The maximum atomic E-state index is 13.2. The molecule has 0 unspecified atom stereocenters. The van der Waals surface area contributed by atoms with E-state index in [9.17, 15) is 17.2 Å². The molecule has 1 saturated heterocycles. The maximum absolute atomic E-state index is 13.2. The van der Waals surface area contributed by atoms with Crippen LogP contribution in [0.3, 0.4) is 0 Å². The third-order valence-corrected chi connectivity index (χ3v) is 5.54. The number of rotatable bonds is 8. The second kappa shape index (κ2) is 9.42. The number of aromatic nitrogens is 2. The van der Waals surface area contributed by atoms with Crippen molar-refractivity contribution >= 4 is 21.8 Å². The van der Waals surface area contributed by atoms with E-state index in [1.54, 1.807) is 0 Å². The monoisotopic (exact) mass is 427 g/mol. The van der Waals surface area contributed by atoms with Crippen molar-refractivity contribution in [2.75, 3.05) is 49.6 Å². The van der Waals surface area contributed by atoms with Crippen LogP contribution in [0.4, 0.5) is 20.5 Å². The highest BCUT2D eigenvalue weighted by atomic mass is 32.2. The van der Waals surface area contributed by atoms with E-state index in [2.05, 4.69) is 24.9 Å². The standard InChI is InChI=1S/C18H23F2N5O3S/c1-13-8-17(25-4-6-28-7-5-25)24-18(23-13)21-2-3-22-29(26,27)12-14-9-15(19)11-16(20)10-14/h8-11,22H,2-7,12H2,1H3,(H,21,23,24). The first-order chi connectivity index (χ1) is 13.8. The van der Waals surface area contributed by atoms with Crippen molar-refractivity contribution in [2.45, 2.75) is 12.7 Å². The van der Waals surface area contributed by atoms with Gasteiger partial charge in [0.05, 0.1) is 19.0 Å². The predicted molar refractivity (Wildman–Crippen MR) is 105 cm³/mol. The number of nitrogens with zero attached hydrogens (tertiary/aromatic N) is 3. The molecule has 0 aliphatic carbocycles. The molecule has 1 aliphatic heterocycles. The molecule has 0 amide bonds. The maximum Gasteiger partial charge on any atom is 0.224 e. The Morgan fingerprint density at radius 3 is 2.45 bits per heavy atom. The Balaban J connectivity index is 1.52. The minimum atomic E-state index is -3.74. The number of halogens is 2. The minimum absolute atomic E-state index is 0.0418. The van der Waals surface area contributed by atoms with Gasteiger partial charge in [-0.25, -0.2) is 26.9 Å². The number of nitrogens with one attached hydrogen (secondary N) is 2. The Bertz CT molecular complexity index is 932. The fourth-order valence-corrected chi connectivity index (χ4v) is 4.05. The molecule has 0 radical (unpaired) electrons. The number of sulfonamides is 1. The number of anilines is 2. The zero-order chi connectivity index (χ0) is 20.9. The van der Waals surface area contributed by atoms with Gasteiger partial charge in [0.15, 0.2) is 0 Å². The smallest absolute Gasteiger partial charge is 0.224 e. The van der Waals surface area contributed by atoms with E-state index in [0.29, 0.717) is 25.2 Å². The molecule has 1 aromatic heterocycles. The number of hydrogen-bond acceptors (Lipinski definition) is 7. The van der Waals surface area contributed by atoms with E-state index in [1.165, 1.54) is 0 Å². The van der Waals surface area contributed by atoms with Crippen molar-refractivity contribution in [2.24, 2.45) is 0 Å². The molecule has 29 heavy (non-hydrogen) atoms. The topological polar surface area (TPSA) is 96.5 Å². The van der Waals surface area contributed by atoms with Gasteiger partial charge in [-0.1, -0.05) is 0 Å². The van der Waals surface area contributed by atoms with Crippen molar-refractivity contribution in [1.82, 2.24) is 14.7 Å². The SMILES string of the molecule is Cc1cc(N2CCOCC2)nc(NCCNS(=O)(=O)Cc2cc(F)cc(F)c2)n1. The van der Waals surface area contributed by atoms with Gasteiger partial charge >= 0.3 is 0 Å². The fraction of sp³-hybridized carbons (Fsp3) is 0.444. The second-order valence-corrected chi connectivity index (χ2v) is 8.46. The Hall–Kier alpha value is -2.37. The average Bonchev–Trinajstić information content (AvgIpc) is 2.64. The van der Waals surface area contributed by atoms with E-state index in [-0.39, 0.29) is 18.7 Å².